The van der Waals surface area contributed by atoms with Gasteiger partial charge in [0.15, 0.2) is 5.82 Å². The first-order valence-electron chi connectivity index (χ1n) is 5.42. The van der Waals surface area contributed by atoms with Crippen LogP contribution in [0.4, 0.5) is 4.39 Å². The van der Waals surface area contributed by atoms with Crippen LogP contribution in [-0.2, 0) is 0 Å². The normalized spacial score (nSPS) is 12.6. The van der Waals surface area contributed by atoms with Crippen LogP contribution in [0.15, 0.2) is 18.2 Å². The fraction of sp³-hybridized carbons (Fsp3) is 0.417. The molecule has 0 aliphatic heterocycles. The first-order valence-corrected chi connectivity index (χ1v) is 5.80. The minimum absolute atomic E-state index is 0.0587. The van der Waals surface area contributed by atoms with E-state index in [1.54, 1.807) is 0 Å². The van der Waals surface area contributed by atoms with E-state index < -0.39 is 11.7 Å². The summed E-state index contributed by atoms with van der Waals surface area (Å²) in [6.45, 7) is 4.18. The molecule has 1 amide bonds. The Morgan fingerprint density at radius 2 is 2.18 bits per heavy atom. The summed E-state index contributed by atoms with van der Waals surface area (Å²) in [5, 5.41) is 2.62. The zero-order valence-corrected chi connectivity index (χ0v) is 10.6. The lowest BCUT2D eigenvalue weighted by atomic mass is 10.0. The van der Waals surface area contributed by atoms with Crippen molar-refractivity contribution in [2.24, 2.45) is 11.7 Å². The van der Waals surface area contributed by atoms with Crippen molar-refractivity contribution in [3.8, 4) is 0 Å². The van der Waals surface area contributed by atoms with Crippen LogP contribution in [0.25, 0.3) is 0 Å². The van der Waals surface area contributed by atoms with Crippen LogP contribution in [0.5, 0.6) is 0 Å². The molecule has 1 rings (SSSR count). The molecule has 1 aromatic rings. The average molecular weight is 259 g/mol. The van der Waals surface area contributed by atoms with Crippen LogP contribution < -0.4 is 11.1 Å². The molecule has 3 N–H and O–H groups in total. The third kappa shape index (κ3) is 3.41. The van der Waals surface area contributed by atoms with Gasteiger partial charge < -0.3 is 11.1 Å². The van der Waals surface area contributed by atoms with Gasteiger partial charge in [0.25, 0.3) is 5.91 Å². The van der Waals surface area contributed by atoms with Crippen LogP contribution in [0.2, 0.25) is 5.02 Å². The number of hydrogen-bond donors (Lipinski definition) is 2. The molecule has 1 unspecified atom stereocenters. The Labute approximate surface area is 105 Å². The van der Waals surface area contributed by atoms with Gasteiger partial charge in [-0.15, -0.1) is 0 Å². The van der Waals surface area contributed by atoms with Gasteiger partial charge in [0.05, 0.1) is 10.6 Å². The summed E-state index contributed by atoms with van der Waals surface area (Å²) in [4.78, 5) is 11.8. The smallest absolute Gasteiger partial charge is 0.254 e. The molecule has 5 heteroatoms. The molecule has 0 heterocycles. The summed E-state index contributed by atoms with van der Waals surface area (Å²) >= 11 is 5.61. The SMILES string of the molecule is CC(C)C(CN)NC(=O)c1cccc(Cl)c1F. The third-order valence-electron chi connectivity index (χ3n) is 2.57. The van der Waals surface area contributed by atoms with Gasteiger partial charge in [-0.3, -0.25) is 4.79 Å². The first-order chi connectivity index (χ1) is 7.97. The van der Waals surface area contributed by atoms with Crippen LogP contribution in [-0.4, -0.2) is 18.5 Å². The van der Waals surface area contributed by atoms with E-state index in [0.717, 1.165) is 0 Å². The number of hydrogen-bond acceptors (Lipinski definition) is 2. The number of amides is 1. The van der Waals surface area contributed by atoms with Crippen molar-refractivity contribution in [1.82, 2.24) is 5.32 Å². The van der Waals surface area contributed by atoms with Crippen molar-refractivity contribution >= 4 is 17.5 Å². The van der Waals surface area contributed by atoms with E-state index in [1.807, 2.05) is 13.8 Å². The number of rotatable bonds is 4. The minimum Gasteiger partial charge on any atom is -0.348 e. The molecule has 1 aromatic carbocycles. The number of nitrogens with one attached hydrogen (secondary N) is 1. The molecule has 1 atom stereocenters. The van der Waals surface area contributed by atoms with Gasteiger partial charge in [-0.1, -0.05) is 31.5 Å². The predicted molar refractivity (Wildman–Crippen MR) is 66.6 cm³/mol. The summed E-state index contributed by atoms with van der Waals surface area (Å²) in [7, 11) is 0. The largest absolute Gasteiger partial charge is 0.348 e. The molecule has 0 radical (unpaired) electrons. The van der Waals surface area contributed by atoms with E-state index >= 15 is 0 Å². The number of benzene rings is 1. The maximum absolute atomic E-state index is 13.6. The van der Waals surface area contributed by atoms with E-state index in [4.69, 9.17) is 17.3 Å². The number of halogens is 2. The summed E-state index contributed by atoms with van der Waals surface area (Å²) in [6.07, 6.45) is 0. The van der Waals surface area contributed by atoms with Crippen LogP contribution in [0, 0.1) is 11.7 Å². The standard InChI is InChI=1S/C12H16ClFN2O/c1-7(2)10(6-15)16-12(17)8-4-3-5-9(13)11(8)14/h3-5,7,10H,6,15H2,1-2H3,(H,16,17). The van der Waals surface area contributed by atoms with Crippen LogP contribution in [0.1, 0.15) is 24.2 Å². The average Bonchev–Trinajstić information content (AvgIpc) is 2.28. The fourth-order valence-corrected chi connectivity index (χ4v) is 1.60. The van der Waals surface area contributed by atoms with E-state index in [1.165, 1.54) is 18.2 Å². The molecular formula is C12H16ClFN2O. The fourth-order valence-electron chi connectivity index (χ4n) is 1.42. The Morgan fingerprint density at radius 1 is 1.53 bits per heavy atom. The van der Waals surface area contributed by atoms with E-state index in [9.17, 15) is 9.18 Å². The van der Waals surface area contributed by atoms with E-state index in [0.29, 0.717) is 6.54 Å². The molecule has 0 spiro atoms. The van der Waals surface area contributed by atoms with Crippen LogP contribution >= 0.6 is 11.6 Å². The van der Waals surface area contributed by atoms with E-state index in [2.05, 4.69) is 5.32 Å². The monoisotopic (exact) mass is 258 g/mol. The molecule has 0 saturated heterocycles. The van der Waals surface area contributed by atoms with Crippen molar-refractivity contribution in [2.75, 3.05) is 6.54 Å². The topological polar surface area (TPSA) is 55.1 Å². The highest BCUT2D eigenvalue weighted by molar-refractivity contribution is 6.31. The minimum atomic E-state index is -0.703. The second-order valence-electron chi connectivity index (χ2n) is 4.16. The highest BCUT2D eigenvalue weighted by atomic mass is 35.5. The molecular weight excluding hydrogens is 243 g/mol. The summed E-state index contributed by atoms with van der Waals surface area (Å²) in [5.41, 5.74) is 5.47. The van der Waals surface area contributed by atoms with Gasteiger partial charge in [0.1, 0.15) is 0 Å². The van der Waals surface area contributed by atoms with Crippen molar-refractivity contribution in [3.05, 3.63) is 34.6 Å². The van der Waals surface area contributed by atoms with Crippen molar-refractivity contribution < 1.29 is 9.18 Å². The lowest BCUT2D eigenvalue weighted by Gasteiger charge is -2.20. The lowest BCUT2D eigenvalue weighted by molar-refractivity contribution is 0.0923. The van der Waals surface area contributed by atoms with Crippen LogP contribution in [0.3, 0.4) is 0 Å². The zero-order chi connectivity index (χ0) is 13.0. The van der Waals surface area contributed by atoms with Gasteiger partial charge in [-0.05, 0) is 18.1 Å². The second-order valence-corrected chi connectivity index (χ2v) is 4.57. The summed E-state index contributed by atoms with van der Waals surface area (Å²) in [5.74, 6) is -1.01. The maximum atomic E-state index is 13.6. The number of carbonyl (C=O) groups excluding carboxylic acids is 1. The molecule has 0 saturated carbocycles. The molecule has 0 aliphatic carbocycles. The van der Waals surface area contributed by atoms with Gasteiger partial charge in [0, 0.05) is 12.6 Å². The van der Waals surface area contributed by atoms with Gasteiger partial charge in [-0.2, -0.15) is 0 Å². The maximum Gasteiger partial charge on any atom is 0.254 e. The highest BCUT2D eigenvalue weighted by Crippen LogP contribution is 2.18. The third-order valence-corrected chi connectivity index (χ3v) is 2.86. The lowest BCUT2D eigenvalue weighted by Crippen LogP contribution is -2.43. The number of nitrogens with two attached hydrogens (primary N) is 1. The molecule has 0 bridgehead atoms. The number of carbonyl (C=O) groups is 1. The second kappa shape index (κ2) is 5.98. The Morgan fingerprint density at radius 3 is 2.71 bits per heavy atom. The quantitative estimate of drug-likeness (QED) is 0.870. The van der Waals surface area contributed by atoms with Crippen molar-refractivity contribution in [2.45, 2.75) is 19.9 Å². The molecule has 94 valence electrons. The van der Waals surface area contributed by atoms with Crippen molar-refractivity contribution in [3.63, 3.8) is 0 Å². The predicted octanol–water partition coefficient (Wildman–Crippen LogP) is 2.19. The Balaban J connectivity index is 2.86. The molecule has 0 aromatic heterocycles. The zero-order valence-electron chi connectivity index (χ0n) is 9.84. The highest BCUT2D eigenvalue weighted by Gasteiger charge is 2.19. The summed E-state index contributed by atoms with van der Waals surface area (Å²) in [6, 6.07) is 4.15. The van der Waals surface area contributed by atoms with Gasteiger partial charge in [0.2, 0.25) is 0 Å². The Hall–Kier alpha value is -1.13. The summed E-state index contributed by atoms with van der Waals surface area (Å²) < 4.78 is 13.6. The van der Waals surface area contributed by atoms with Crippen molar-refractivity contribution in [1.29, 1.82) is 0 Å². The molecule has 0 aliphatic rings. The molecule has 17 heavy (non-hydrogen) atoms. The van der Waals surface area contributed by atoms with Gasteiger partial charge >= 0.3 is 0 Å². The van der Waals surface area contributed by atoms with Gasteiger partial charge in [-0.25, -0.2) is 4.39 Å². The Kier molecular flexibility index (Phi) is 4.90. The molecule has 3 nitrogen and oxygen atoms in total. The van der Waals surface area contributed by atoms with E-state index in [-0.39, 0.29) is 22.5 Å². The molecule has 0 fully saturated rings. The first kappa shape index (κ1) is 13.9. The Bertz CT molecular complexity index is 409.